The zero-order valence-electron chi connectivity index (χ0n) is 37.1. The Kier molecular flexibility index (Phi) is 13.8. The second-order valence-electron chi connectivity index (χ2n) is 17.5. The minimum atomic E-state index is -0.827. The van der Waals surface area contributed by atoms with E-state index >= 15 is 0 Å². The molecule has 1 aliphatic heterocycles. The number of nitrogens with one attached hydrogen (secondary N) is 2. The molecule has 1 saturated heterocycles. The molecule has 5 aromatic carbocycles. The standard InChI is InChI=1S/C52H51ClFN5O6S/c1-32(34-11-15-37(53)16-12-34)55-50(62)44-6-5-26-59(44)51(63)49(52(2,3)4)56-46(61)30-33-7-9-35(10-8-33)43-25-27-58(57-43)28-29-64-40-20-22-41(23-21-40)65-47-42-24-19-39(60)31-45(42)66-48(47)36-13-17-38(54)18-14-36/h7-25,27,31-32,44,49,60H,5-6,26,28-30H2,1-4H3,(H,55,62)(H,56,61)/t32-,44-,49+/m0/s1. The van der Waals surface area contributed by atoms with E-state index in [1.165, 1.54) is 23.5 Å². The first-order valence-corrected chi connectivity index (χ1v) is 23.1. The maximum atomic E-state index is 14.1. The van der Waals surface area contributed by atoms with Crippen LogP contribution in [0, 0.1) is 11.2 Å². The SMILES string of the molecule is C[C@H](NC(=O)[C@@H]1CCCN1C(=O)[C@@H](NC(=O)Cc1ccc(-c2ccn(CCOc3ccc(Oc4c(-c5ccc(F)cc5)sc5cc(O)ccc45)cc3)n2)cc1)C(C)(C)C)c1ccc(Cl)cc1. The number of likely N-dealkylation sites (tertiary alicyclic amines) is 1. The first kappa shape index (κ1) is 45.9. The lowest BCUT2D eigenvalue weighted by molar-refractivity contribution is -0.144. The van der Waals surface area contributed by atoms with Crippen molar-refractivity contribution in [3.05, 3.63) is 149 Å². The average Bonchev–Trinajstić information content (AvgIpc) is 4.06. The van der Waals surface area contributed by atoms with E-state index in [0.29, 0.717) is 54.8 Å². The fourth-order valence-corrected chi connectivity index (χ4v) is 9.32. The molecule has 3 amide bonds. The molecule has 0 unspecified atom stereocenters. The number of hydrogen-bond acceptors (Lipinski definition) is 8. The number of halogens is 2. The largest absolute Gasteiger partial charge is 0.508 e. The lowest BCUT2D eigenvalue weighted by atomic mass is 9.85. The molecule has 2 aromatic heterocycles. The third kappa shape index (κ3) is 10.9. The number of carbonyl (C=O) groups excluding carboxylic acids is 3. The summed E-state index contributed by atoms with van der Waals surface area (Å²) in [5.74, 6) is 0.949. The Balaban J connectivity index is 0.825. The van der Waals surface area contributed by atoms with E-state index in [9.17, 15) is 23.9 Å². The molecule has 0 bridgehead atoms. The van der Waals surface area contributed by atoms with Crippen molar-refractivity contribution in [2.24, 2.45) is 5.41 Å². The summed E-state index contributed by atoms with van der Waals surface area (Å²) in [6.45, 7) is 8.94. The molecule has 340 valence electrons. The molecule has 11 nitrogen and oxygen atoms in total. The van der Waals surface area contributed by atoms with Crippen LogP contribution in [-0.2, 0) is 27.3 Å². The second kappa shape index (κ2) is 19.8. The average molecular weight is 929 g/mol. The monoisotopic (exact) mass is 927 g/mol. The molecular weight excluding hydrogens is 877 g/mol. The quantitative estimate of drug-likeness (QED) is 0.0932. The Morgan fingerprint density at radius 2 is 1.59 bits per heavy atom. The number of carbonyl (C=O) groups is 3. The van der Waals surface area contributed by atoms with Gasteiger partial charge < -0.3 is 30.1 Å². The maximum Gasteiger partial charge on any atom is 0.246 e. The molecule has 0 saturated carbocycles. The summed E-state index contributed by atoms with van der Waals surface area (Å²) in [5.41, 5.74) is 3.56. The van der Waals surface area contributed by atoms with Gasteiger partial charge >= 0.3 is 0 Å². The van der Waals surface area contributed by atoms with E-state index in [4.69, 9.17) is 26.2 Å². The van der Waals surface area contributed by atoms with Gasteiger partial charge in [0, 0.05) is 33.4 Å². The number of nitrogens with zero attached hydrogens (tertiary/aromatic N) is 3. The number of ether oxygens (including phenoxy) is 2. The van der Waals surface area contributed by atoms with Gasteiger partial charge in [-0.25, -0.2) is 4.39 Å². The van der Waals surface area contributed by atoms with E-state index in [-0.39, 0.29) is 41.8 Å². The minimum Gasteiger partial charge on any atom is -0.508 e. The first-order chi connectivity index (χ1) is 31.7. The van der Waals surface area contributed by atoms with Crippen LogP contribution in [0.1, 0.15) is 57.7 Å². The molecule has 1 fully saturated rings. The van der Waals surface area contributed by atoms with Gasteiger partial charge in [0.15, 0.2) is 5.75 Å². The number of benzene rings is 5. The third-order valence-electron chi connectivity index (χ3n) is 11.6. The van der Waals surface area contributed by atoms with Crippen LogP contribution in [0.15, 0.2) is 128 Å². The van der Waals surface area contributed by atoms with Crippen LogP contribution in [-0.4, -0.2) is 62.7 Å². The van der Waals surface area contributed by atoms with Crippen LogP contribution in [0.2, 0.25) is 5.02 Å². The van der Waals surface area contributed by atoms with Crippen molar-refractivity contribution in [1.82, 2.24) is 25.3 Å². The summed E-state index contributed by atoms with van der Waals surface area (Å²) >= 11 is 7.51. The molecule has 0 aliphatic carbocycles. The first-order valence-electron chi connectivity index (χ1n) is 21.9. The van der Waals surface area contributed by atoms with Crippen molar-refractivity contribution >= 4 is 50.7 Å². The van der Waals surface area contributed by atoms with Crippen LogP contribution in [0.25, 0.3) is 31.8 Å². The molecular formula is C52H51ClFN5O6S. The summed E-state index contributed by atoms with van der Waals surface area (Å²) in [6, 6.07) is 33.8. The molecule has 3 heterocycles. The van der Waals surface area contributed by atoms with Crippen molar-refractivity contribution in [2.75, 3.05) is 13.2 Å². The number of thiophene rings is 1. The highest BCUT2D eigenvalue weighted by atomic mass is 35.5. The third-order valence-corrected chi connectivity index (χ3v) is 13.0. The summed E-state index contributed by atoms with van der Waals surface area (Å²) in [7, 11) is 0. The van der Waals surface area contributed by atoms with E-state index in [2.05, 4.69) is 10.6 Å². The summed E-state index contributed by atoms with van der Waals surface area (Å²) in [6.07, 6.45) is 3.21. The smallest absolute Gasteiger partial charge is 0.246 e. The van der Waals surface area contributed by atoms with Gasteiger partial charge in [0.1, 0.15) is 41.8 Å². The molecule has 8 rings (SSSR count). The summed E-state index contributed by atoms with van der Waals surface area (Å²) in [5, 5.41) is 22.3. The van der Waals surface area contributed by atoms with Gasteiger partial charge in [0.05, 0.1) is 29.6 Å². The van der Waals surface area contributed by atoms with Gasteiger partial charge in [-0.1, -0.05) is 80.9 Å². The zero-order chi connectivity index (χ0) is 46.5. The number of aromatic nitrogens is 2. The molecule has 0 spiro atoms. The number of rotatable bonds is 15. The lowest BCUT2D eigenvalue weighted by Crippen LogP contribution is -2.58. The van der Waals surface area contributed by atoms with Crippen LogP contribution in [0.4, 0.5) is 4.39 Å². The van der Waals surface area contributed by atoms with Gasteiger partial charge in [0.25, 0.3) is 0 Å². The molecule has 7 aromatic rings. The van der Waals surface area contributed by atoms with E-state index in [1.54, 1.807) is 41.3 Å². The number of phenolic OH excluding ortho intramolecular Hbond substituents is 1. The van der Waals surface area contributed by atoms with Crippen molar-refractivity contribution in [3.8, 4) is 44.7 Å². The van der Waals surface area contributed by atoms with Crippen molar-refractivity contribution in [3.63, 3.8) is 0 Å². The van der Waals surface area contributed by atoms with Gasteiger partial charge in [0.2, 0.25) is 17.7 Å². The number of aromatic hydroxyl groups is 1. The lowest BCUT2D eigenvalue weighted by Gasteiger charge is -2.35. The Morgan fingerprint density at radius 1 is 0.894 bits per heavy atom. The number of phenols is 1. The number of hydrogen-bond donors (Lipinski definition) is 3. The number of fused-ring (bicyclic) bond motifs is 1. The van der Waals surface area contributed by atoms with Crippen molar-refractivity contribution < 1.29 is 33.4 Å². The molecule has 14 heteroatoms. The molecule has 1 aliphatic rings. The van der Waals surface area contributed by atoms with E-state index < -0.39 is 17.5 Å². The van der Waals surface area contributed by atoms with Gasteiger partial charge in [-0.3, -0.25) is 19.1 Å². The zero-order valence-corrected chi connectivity index (χ0v) is 38.7. The predicted octanol–water partition coefficient (Wildman–Crippen LogP) is 10.7. The maximum absolute atomic E-state index is 14.1. The topological polar surface area (TPSA) is 135 Å². The molecule has 3 N–H and O–H groups in total. The normalized spacial score (nSPS) is 14.8. The molecule has 3 atom stereocenters. The predicted molar refractivity (Wildman–Crippen MR) is 256 cm³/mol. The Bertz CT molecular complexity index is 2820. The minimum absolute atomic E-state index is 0.0782. The molecule has 0 radical (unpaired) electrons. The van der Waals surface area contributed by atoms with Crippen molar-refractivity contribution in [2.45, 2.75) is 71.6 Å². The van der Waals surface area contributed by atoms with Crippen LogP contribution in [0.5, 0.6) is 23.0 Å². The Labute approximate surface area is 392 Å². The fraction of sp³-hybridized carbons (Fsp3) is 0.269. The van der Waals surface area contributed by atoms with Gasteiger partial charge in [-0.05, 0) is 115 Å². The summed E-state index contributed by atoms with van der Waals surface area (Å²) in [4.78, 5) is 43.4. The Morgan fingerprint density at radius 3 is 2.30 bits per heavy atom. The Hall–Kier alpha value is -6.70. The highest BCUT2D eigenvalue weighted by Gasteiger charge is 2.42. The highest BCUT2D eigenvalue weighted by Crippen LogP contribution is 2.47. The second-order valence-corrected chi connectivity index (χ2v) is 19.0. The van der Waals surface area contributed by atoms with Gasteiger partial charge in [-0.2, -0.15) is 5.10 Å². The van der Waals surface area contributed by atoms with Crippen LogP contribution < -0.4 is 20.1 Å². The summed E-state index contributed by atoms with van der Waals surface area (Å²) < 4.78 is 28.8. The van der Waals surface area contributed by atoms with Crippen molar-refractivity contribution in [1.29, 1.82) is 0 Å². The molecule has 66 heavy (non-hydrogen) atoms. The van der Waals surface area contributed by atoms with Gasteiger partial charge in [-0.15, -0.1) is 11.3 Å². The fourth-order valence-electron chi connectivity index (χ4n) is 8.03. The van der Waals surface area contributed by atoms with Crippen LogP contribution >= 0.6 is 22.9 Å². The number of amides is 3. The van der Waals surface area contributed by atoms with E-state index in [0.717, 1.165) is 42.9 Å². The highest BCUT2D eigenvalue weighted by molar-refractivity contribution is 7.22. The van der Waals surface area contributed by atoms with Crippen LogP contribution in [0.3, 0.4) is 0 Å². The van der Waals surface area contributed by atoms with E-state index in [1.807, 2.05) is 111 Å².